The van der Waals surface area contributed by atoms with Crippen LogP contribution >= 0.6 is 0 Å². The Morgan fingerprint density at radius 1 is 0.893 bits per heavy atom. The summed E-state index contributed by atoms with van der Waals surface area (Å²) in [5.74, 6) is 2.00. The molecular formula is C20H23N7O. The van der Waals surface area contributed by atoms with Gasteiger partial charge in [0.2, 0.25) is 0 Å². The van der Waals surface area contributed by atoms with Crippen LogP contribution in [-0.2, 0) is 0 Å². The zero-order valence-corrected chi connectivity index (χ0v) is 15.9. The van der Waals surface area contributed by atoms with Gasteiger partial charge < -0.3 is 21.3 Å². The molecule has 0 unspecified atom stereocenters. The van der Waals surface area contributed by atoms with Gasteiger partial charge in [-0.2, -0.15) is 0 Å². The third kappa shape index (κ3) is 5.94. The van der Waals surface area contributed by atoms with Gasteiger partial charge in [-0.15, -0.1) is 0 Å². The standard InChI is InChI=1S/C20H23N7O/c1-14-9-15(2)11-16(10-14)26-20(28)23-8-7-22-18-12-19(25-13-24-18)27-17-5-3-4-6-21-17/h3-6,9-13H,7-8H2,1-2H3,(H2,23,26,28)(H2,21,22,24,25,27). The molecule has 2 aromatic heterocycles. The normalized spacial score (nSPS) is 10.2. The molecule has 1 aromatic carbocycles. The number of anilines is 4. The van der Waals surface area contributed by atoms with Crippen molar-refractivity contribution < 1.29 is 4.79 Å². The van der Waals surface area contributed by atoms with E-state index in [1.54, 1.807) is 12.3 Å². The second kappa shape index (κ2) is 9.31. The first-order chi connectivity index (χ1) is 13.6. The maximum atomic E-state index is 12.0. The quantitative estimate of drug-likeness (QED) is 0.470. The van der Waals surface area contributed by atoms with E-state index in [1.807, 2.05) is 44.2 Å². The van der Waals surface area contributed by atoms with E-state index in [1.165, 1.54) is 6.33 Å². The monoisotopic (exact) mass is 377 g/mol. The predicted octanol–water partition coefficient (Wildman–Crippen LogP) is 3.47. The van der Waals surface area contributed by atoms with Gasteiger partial charge in [-0.05, 0) is 49.2 Å². The number of nitrogens with zero attached hydrogens (tertiary/aromatic N) is 3. The fraction of sp³-hybridized carbons (Fsp3) is 0.200. The molecule has 3 aromatic rings. The van der Waals surface area contributed by atoms with Gasteiger partial charge in [-0.3, -0.25) is 0 Å². The summed E-state index contributed by atoms with van der Waals surface area (Å²) in [5.41, 5.74) is 3.00. The van der Waals surface area contributed by atoms with Gasteiger partial charge in [0.15, 0.2) is 0 Å². The van der Waals surface area contributed by atoms with Crippen molar-refractivity contribution in [1.29, 1.82) is 0 Å². The Kier molecular flexibility index (Phi) is 6.35. The number of hydrogen-bond acceptors (Lipinski definition) is 6. The number of aryl methyl sites for hydroxylation is 2. The van der Waals surface area contributed by atoms with Crippen LogP contribution in [0.3, 0.4) is 0 Å². The van der Waals surface area contributed by atoms with Crippen LogP contribution in [0.4, 0.5) is 27.9 Å². The van der Waals surface area contributed by atoms with Crippen LogP contribution in [0.15, 0.2) is 55.0 Å². The number of rotatable bonds is 7. The summed E-state index contributed by atoms with van der Waals surface area (Å²) < 4.78 is 0. The molecule has 0 aliphatic heterocycles. The number of hydrogen-bond donors (Lipinski definition) is 4. The van der Waals surface area contributed by atoms with Gasteiger partial charge in [0.25, 0.3) is 0 Å². The van der Waals surface area contributed by atoms with E-state index in [-0.39, 0.29) is 6.03 Å². The average molecular weight is 377 g/mol. The van der Waals surface area contributed by atoms with E-state index in [9.17, 15) is 4.79 Å². The summed E-state index contributed by atoms with van der Waals surface area (Å²) in [6.07, 6.45) is 3.17. The molecule has 0 saturated carbocycles. The molecule has 0 bridgehead atoms. The molecule has 0 aliphatic carbocycles. The summed E-state index contributed by atoms with van der Waals surface area (Å²) in [5, 5.41) is 11.9. The Morgan fingerprint density at radius 3 is 2.43 bits per heavy atom. The lowest BCUT2D eigenvalue weighted by atomic mass is 10.1. The molecule has 0 fully saturated rings. The van der Waals surface area contributed by atoms with Crippen LogP contribution < -0.4 is 21.3 Å². The molecule has 0 spiro atoms. The molecule has 144 valence electrons. The van der Waals surface area contributed by atoms with E-state index in [0.29, 0.717) is 30.5 Å². The van der Waals surface area contributed by atoms with Crippen LogP contribution in [0.2, 0.25) is 0 Å². The molecule has 0 atom stereocenters. The lowest BCUT2D eigenvalue weighted by molar-refractivity contribution is 0.252. The average Bonchev–Trinajstić information content (AvgIpc) is 2.65. The van der Waals surface area contributed by atoms with Gasteiger partial charge in [-0.1, -0.05) is 12.1 Å². The van der Waals surface area contributed by atoms with Crippen molar-refractivity contribution in [2.24, 2.45) is 0 Å². The van der Waals surface area contributed by atoms with Gasteiger partial charge in [-0.25, -0.2) is 19.7 Å². The minimum atomic E-state index is -0.244. The Morgan fingerprint density at radius 2 is 1.68 bits per heavy atom. The number of carbonyl (C=O) groups is 1. The van der Waals surface area contributed by atoms with Crippen LogP contribution in [0.1, 0.15) is 11.1 Å². The molecule has 0 aliphatic rings. The lowest BCUT2D eigenvalue weighted by Crippen LogP contribution is -2.32. The number of carbonyl (C=O) groups excluding carboxylic acids is 1. The highest BCUT2D eigenvalue weighted by Gasteiger charge is 2.03. The van der Waals surface area contributed by atoms with Crippen molar-refractivity contribution in [3.8, 4) is 0 Å². The molecule has 28 heavy (non-hydrogen) atoms. The Bertz CT molecular complexity index is 911. The third-order valence-electron chi connectivity index (χ3n) is 3.78. The largest absolute Gasteiger partial charge is 0.368 e. The van der Waals surface area contributed by atoms with Crippen molar-refractivity contribution in [3.63, 3.8) is 0 Å². The highest BCUT2D eigenvalue weighted by Crippen LogP contribution is 2.14. The van der Waals surface area contributed by atoms with Crippen molar-refractivity contribution in [2.75, 3.05) is 29.0 Å². The molecule has 0 saturated heterocycles. The van der Waals surface area contributed by atoms with Crippen LogP contribution in [0, 0.1) is 13.8 Å². The predicted molar refractivity (Wildman–Crippen MR) is 111 cm³/mol. The Hall–Kier alpha value is -3.68. The van der Waals surface area contributed by atoms with Gasteiger partial charge in [0.05, 0.1) is 0 Å². The van der Waals surface area contributed by atoms with Crippen molar-refractivity contribution in [1.82, 2.24) is 20.3 Å². The Labute approximate surface area is 163 Å². The molecule has 4 N–H and O–H groups in total. The zero-order chi connectivity index (χ0) is 19.8. The smallest absolute Gasteiger partial charge is 0.319 e. The van der Waals surface area contributed by atoms with Crippen molar-refractivity contribution >= 4 is 29.2 Å². The molecule has 3 rings (SSSR count). The second-order valence-electron chi connectivity index (χ2n) is 6.31. The molecule has 8 heteroatoms. The summed E-state index contributed by atoms with van der Waals surface area (Å²) >= 11 is 0. The molecule has 0 radical (unpaired) electrons. The summed E-state index contributed by atoms with van der Waals surface area (Å²) in [6.45, 7) is 4.97. The first kappa shape index (κ1) is 19.1. The van der Waals surface area contributed by atoms with E-state index in [0.717, 1.165) is 16.8 Å². The number of aromatic nitrogens is 3. The number of pyridine rings is 1. The highest BCUT2D eigenvalue weighted by atomic mass is 16.2. The SMILES string of the molecule is Cc1cc(C)cc(NC(=O)NCCNc2cc(Nc3ccccn3)ncn2)c1. The fourth-order valence-electron chi connectivity index (χ4n) is 2.68. The van der Waals surface area contributed by atoms with Crippen LogP contribution in [-0.4, -0.2) is 34.1 Å². The third-order valence-corrected chi connectivity index (χ3v) is 3.78. The van der Waals surface area contributed by atoms with Crippen molar-refractivity contribution in [3.05, 3.63) is 66.1 Å². The fourth-order valence-corrected chi connectivity index (χ4v) is 2.68. The van der Waals surface area contributed by atoms with Crippen LogP contribution in [0.25, 0.3) is 0 Å². The molecule has 2 heterocycles. The molecular weight excluding hydrogens is 354 g/mol. The van der Waals surface area contributed by atoms with E-state index >= 15 is 0 Å². The van der Waals surface area contributed by atoms with E-state index in [4.69, 9.17) is 0 Å². The number of benzene rings is 1. The second-order valence-corrected chi connectivity index (χ2v) is 6.31. The number of amides is 2. The molecule has 8 nitrogen and oxygen atoms in total. The number of urea groups is 1. The Balaban J connectivity index is 1.43. The zero-order valence-electron chi connectivity index (χ0n) is 15.9. The lowest BCUT2D eigenvalue weighted by Gasteiger charge is -2.11. The summed E-state index contributed by atoms with van der Waals surface area (Å²) in [6, 6.07) is 13.1. The van der Waals surface area contributed by atoms with Gasteiger partial charge >= 0.3 is 6.03 Å². The summed E-state index contributed by atoms with van der Waals surface area (Å²) in [7, 11) is 0. The van der Waals surface area contributed by atoms with Crippen LogP contribution in [0.5, 0.6) is 0 Å². The molecule has 2 amide bonds. The minimum absolute atomic E-state index is 0.244. The van der Waals surface area contributed by atoms with Gasteiger partial charge in [0, 0.05) is 31.0 Å². The highest BCUT2D eigenvalue weighted by molar-refractivity contribution is 5.89. The number of nitrogens with one attached hydrogen (secondary N) is 4. The van der Waals surface area contributed by atoms with Gasteiger partial charge in [0.1, 0.15) is 23.8 Å². The summed E-state index contributed by atoms with van der Waals surface area (Å²) in [4.78, 5) is 24.6. The minimum Gasteiger partial charge on any atom is -0.368 e. The van der Waals surface area contributed by atoms with E-state index in [2.05, 4.69) is 42.3 Å². The first-order valence-corrected chi connectivity index (χ1v) is 8.95. The van der Waals surface area contributed by atoms with E-state index < -0.39 is 0 Å². The topological polar surface area (TPSA) is 104 Å². The van der Waals surface area contributed by atoms with Crippen molar-refractivity contribution in [2.45, 2.75) is 13.8 Å². The maximum Gasteiger partial charge on any atom is 0.319 e. The first-order valence-electron chi connectivity index (χ1n) is 8.95. The maximum absolute atomic E-state index is 12.0.